The average Bonchev–Trinajstić information content (AvgIpc) is 3.03. The zero-order chi connectivity index (χ0) is 20.0. The lowest BCUT2D eigenvalue weighted by molar-refractivity contribution is -0.140. The Balaban J connectivity index is 2.02. The molecule has 1 atom stereocenters. The van der Waals surface area contributed by atoms with Crippen LogP contribution in [0.5, 0.6) is 0 Å². The van der Waals surface area contributed by atoms with E-state index in [-0.39, 0.29) is 11.3 Å². The zero-order valence-electron chi connectivity index (χ0n) is 15.0. The van der Waals surface area contributed by atoms with E-state index >= 15 is 0 Å². The fourth-order valence-corrected chi connectivity index (χ4v) is 3.85. The summed E-state index contributed by atoms with van der Waals surface area (Å²) in [6.45, 7) is 0. The van der Waals surface area contributed by atoms with Gasteiger partial charge in [-0.3, -0.25) is 9.80 Å². The van der Waals surface area contributed by atoms with Gasteiger partial charge in [-0.05, 0) is 35.9 Å². The Labute approximate surface area is 169 Å². The SMILES string of the molecule is COC(=O)C1=C(C(=O)OC)N2C(=O)c3ccccc3C1N2c1ccc(Br)cc1. The van der Waals surface area contributed by atoms with Crippen molar-refractivity contribution < 1.29 is 23.9 Å². The van der Waals surface area contributed by atoms with Crippen LogP contribution in [0.2, 0.25) is 0 Å². The number of esters is 2. The fourth-order valence-electron chi connectivity index (χ4n) is 3.59. The van der Waals surface area contributed by atoms with Gasteiger partial charge < -0.3 is 9.47 Å². The van der Waals surface area contributed by atoms with Crippen LogP contribution in [0.15, 0.2) is 64.3 Å². The van der Waals surface area contributed by atoms with Crippen LogP contribution in [0.1, 0.15) is 22.0 Å². The predicted octanol–water partition coefficient (Wildman–Crippen LogP) is 2.98. The van der Waals surface area contributed by atoms with Gasteiger partial charge in [-0.15, -0.1) is 0 Å². The number of halogens is 1. The smallest absolute Gasteiger partial charge is 0.357 e. The van der Waals surface area contributed by atoms with E-state index in [2.05, 4.69) is 15.9 Å². The number of hydrogen-bond donors (Lipinski definition) is 0. The molecule has 2 aliphatic rings. The standard InChI is InChI=1S/C20H15BrN2O5/c1-27-19(25)15-16-13-5-3-4-6-14(13)18(24)23(17(15)20(26)28-2)22(16)12-9-7-11(21)8-10-12/h3-10,16H,1-2H3. The maximum Gasteiger partial charge on any atom is 0.357 e. The number of ether oxygens (including phenoxy) is 2. The van der Waals surface area contributed by atoms with Crippen LogP contribution in [-0.2, 0) is 19.1 Å². The molecule has 0 saturated heterocycles. The van der Waals surface area contributed by atoms with Crippen molar-refractivity contribution >= 4 is 39.5 Å². The molecule has 1 unspecified atom stereocenters. The maximum absolute atomic E-state index is 13.3. The topological polar surface area (TPSA) is 76.2 Å². The minimum atomic E-state index is -0.786. The Bertz CT molecular complexity index is 1030. The van der Waals surface area contributed by atoms with Gasteiger partial charge in [-0.25, -0.2) is 14.6 Å². The predicted molar refractivity (Wildman–Crippen MR) is 103 cm³/mol. The first-order valence-electron chi connectivity index (χ1n) is 8.38. The van der Waals surface area contributed by atoms with Crippen molar-refractivity contribution in [3.63, 3.8) is 0 Å². The van der Waals surface area contributed by atoms with Crippen molar-refractivity contribution in [2.24, 2.45) is 0 Å². The Morgan fingerprint density at radius 3 is 2.25 bits per heavy atom. The molecule has 0 aliphatic carbocycles. The number of benzene rings is 2. The molecule has 7 nitrogen and oxygen atoms in total. The van der Waals surface area contributed by atoms with Crippen molar-refractivity contribution in [3.05, 3.63) is 75.4 Å². The van der Waals surface area contributed by atoms with Crippen molar-refractivity contribution in [2.75, 3.05) is 19.2 Å². The summed E-state index contributed by atoms with van der Waals surface area (Å²) in [5.74, 6) is -1.90. The number of methoxy groups -OCH3 is 2. The number of rotatable bonds is 3. The zero-order valence-corrected chi connectivity index (χ0v) is 16.6. The molecule has 28 heavy (non-hydrogen) atoms. The van der Waals surface area contributed by atoms with Crippen LogP contribution in [0, 0.1) is 0 Å². The molecular weight excluding hydrogens is 428 g/mol. The number of anilines is 1. The minimum Gasteiger partial charge on any atom is -0.466 e. The van der Waals surface area contributed by atoms with Crippen LogP contribution < -0.4 is 5.01 Å². The van der Waals surface area contributed by atoms with Crippen LogP contribution in [0.25, 0.3) is 0 Å². The fraction of sp³-hybridized carbons (Fsp3) is 0.150. The van der Waals surface area contributed by atoms with Crippen molar-refractivity contribution in [1.82, 2.24) is 5.01 Å². The van der Waals surface area contributed by atoms with Crippen molar-refractivity contribution in [3.8, 4) is 0 Å². The lowest BCUT2D eigenvalue weighted by Gasteiger charge is -2.40. The van der Waals surface area contributed by atoms with Gasteiger partial charge in [0.05, 0.1) is 25.5 Å². The number of hydrazine groups is 1. The molecular formula is C20H15BrN2O5. The first-order chi connectivity index (χ1) is 13.5. The highest BCUT2D eigenvalue weighted by Gasteiger charge is 2.53. The third-order valence-corrected chi connectivity index (χ3v) is 5.28. The van der Waals surface area contributed by atoms with Gasteiger partial charge in [0.2, 0.25) is 0 Å². The second-order valence-electron chi connectivity index (χ2n) is 6.17. The number of carbonyl (C=O) groups is 3. The minimum absolute atomic E-state index is 0.0653. The Hall–Kier alpha value is -3.13. The highest BCUT2D eigenvalue weighted by Crippen LogP contribution is 2.49. The molecule has 0 N–H and O–H groups in total. The van der Waals surface area contributed by atoms with Gasteiger partial charge in [0.1, 0.15) is 6.04 Å². The van der Waals surface area contributed by atoms with E-state index in [4.69, 9.17) is 9.47 Å². The summed E-state index contributed by atoms with van der Waals surface area (Å²) in [5.41, 5.74) is 1.60. The molecule has 2 aliphatic heterocycles. The van der Waals surface area contributed by atoms with Gasteiger partial charge in [0, 0.05) is 10.0 Å². The second-order valence-corrected chi connectivity index (χ2v) is 7.09. The number of hydrogen-bond acceptors (Lipinski definition) is 6. The molecule has 2 aromatic carbocycles. The van der Waals surface area contributed by atoms with Crippen LogP contribution >= 0.6 is 15.9 Å². The monoisotopic (exact) mass is 442 g/mol. The van der Waals surface area contributed by atoms with Crippen molar-refractivity contribution in [2.45, 2.75) is 6.04 Å². The normalized spacial score (nSPS) is 17.5. The van der Waals surface area contributed by atoms with Crippen LogP contribution in [0.3, 0.4) is 0 Å². The maximum atomic E-state index is 13.3. The van der Waals surface area contributed by atoms with Gasteiger partial charge in [-0.2, -0.15) is 0 Å². The number of fused-ring (bicyclic) bond motifs is 4. The van der Waals surface area contributed by atoms with Gasteiger partial charge >= 0.3 is 11.9 Å². The largest absolute Gasteiger partial charge is 0.466 e. The van der Waals surface area contributed by atoms with E-state index < -0.39 is 23.9 Å². The van der Waals surface area contributed by atoms with Crippen LogP contribution in [0.4, 0.5) is 5.69 Å². The van der Waals surface area contributed by atoms with E-state index in [0.717, 1.165) is 4.47 Å². The van der Waals surface area contributed by atoms with E-state index in [0.29, 0.717) is 16.8 Å². The third kappa shape index (κ3) is 2.52. The first-order valence-corrected chi connectivity index (χ1v) is 9.17. The van der Waals surface area contributed by atoms with E-state index in [1.165, 1.54) is 19.2 Å². The number of amides is 1. The summed E-state index contributed by atoms with van der Waals surface area (Å²) in [4.78, 5) is 38.6. The summed E-state index contributed by atoms with van der Waals surface area (Å²) in [7, 11) is 2.44. The summed E-state index contributed by atoms with van der Waals surface area (Å²) in [5, 5.41) is 2.82. The molecule has 2 heterocycles. The third-order valence-electron chi connectivity index (χ3n) is 4.75. The number of nitrogens with zero attached hydrogens (tertiary/aromatic N) is 2. The van der Waals surface area contributed by atoms with Crippen LogP contribution in [-0.4, -0.2) is 37.1 Å². The summed E-state index contributed by atoms with van der Waals surface area (Å²) < 4.78 is 10.7. The van der Waals surface area contributed by atoms with Gasteiger partial charge in [0.25, 0.3) is 5.91 Å². The van der Waals surface area contributed by atoms with Gasteiger partial charge in [-0.1, -0.05) is 34.1 Å². The Morgan fingerprint density at radius 1 is 0.964 bits per heavy atom. The number of carbonyl (C=O) groups excluding carboxylic acids is 3. The molecule has 2 bridgehead atoms. The second kappa shape index (κ2) is 6.79. The molecule has 2 aromatic rings. The highest BCUT2D eigenvalue weighted by molar-refractivity contribution is 9.10. The molecule has 0 spiro atoms. The van der Waals surface area contributed by atoms with E-state index in [1.54, 1.807) is 41.4 Å². The Kier molecular flexibility index (Phi) is 4.43. The van der Waals surface area contributed by atoms with E-state index in [1.807, 2.05) is 12.1 Å². The summed E-state index contributed by atoms with van der Waals surface area (Å²) >= 11 is 3.39. The average molecular weight is 443 g/mol. The molecule has 8 heteroatoms. The molecule has 0 fully saturated rings. The quantitative estimate of drug-likeness (QED) is 0.680. The Morgan fingerprint density at radius 2 is 1.61 bits per heavy atom. The lowest BCUT2D eigenvalue weighted by atomic mass is 9.93. The molecule has 4 rings (SSSR count). The lowest BCUT2D eigenvalue weighted by Crippen LogP contribution is -2.48. The molecule has 0 radical (unpaired) electrons. The summed E-state index contributed by atoms with van der Waals surface area (Å²) in [6, 6.07) is 13.5. The first kappa shape index (κ1) is 18.2. The molecule has 142 valence electrons. The molecule has 0 saturated carbocycles. The molecule has 0 aromatic heterocycles. The summed E-state index contributed by atoms with van der Waals surface area (Å²) in [6.07, 6.45) is 0. The molecule has 1 amide bonds. The van der Waals surface area contributed by atoms with E-state index in [9.17, 15) is 14.4 Å². The van der Waals surface area contributed by atoms with Crippen molar-refractivity contribution in [1.29, 1.82) is 0 Å². The highest BCUT2D eigenvalue weighted by atomic mass is 79.9. The van der Waals surface area contributed by atoms with Gasteiger partial charge in [0.15, 0.2) is 5.70 Å².